The summed E-state index contributed by atoms with van der Waals surface area (Å²) in [6.07, 6.45) is 7.38. The van der Waals surface area contributed by atoms with Gasteiger partial charge in [0.25, 0.3) is 0 Å². The molecule has 3 rings (SSSR count). The summed E-state index contributed by atoms with van der Waals surface area (Å²) in [6.45, 7) is 0. The van der Waals surface area contributed by atoms with Crippen LogP contribution in [0.1, 0.15) is 25.7 Å². The summed E-state index contributed by atoms with van der Waals surface area (Å²) in [4.78, 5) is 1.01. The molecule has 2 heteroatoms. The highest BCUT2D eigenvalue weighted by Crippen LogP contribution is 2.25. The second-order valence-electron chi connectivity index (χ2n) is 4.90. The number of thiol groups is 1. The van der Waals surface area contributed by atoms with Gasteiger partial charge in [-0.1, -0.05) is 17.7 Å². The molecule has 18 heavy (non-hydrogen) atoms. The van der Waals surface area contributed by atoms with Crippen molar-refractivity contribution in [3.8, 4) is 0 Å². The Hall–Kier alpha value is -1.41. The molecule has 0 aliphatic heterocycles. The molecular formula is C16H17NS. The van der Waals surface area contributed by atoms with E-state index in [2.05, 4.69) is 54.5 Å². The number of fused-ring (bicyclic) bond motifs is 1. The SMILES string of the molecule is Sc1ccc2cc(NC=C3CCCC3)ccc2c1. The molecule has 0 atom stereocenters. The van der Waals surface area contributed by atoms with Gasteiger partial charge in [-0.05, 0) is 60.7 Å². The van der Waals surface area contributed by atoms with Gasteiger partial charge in [0.15, 0.2) is 0 Å². The van der Waals surface area contributed by atoms with Gasteiger partial charge in [-0.25, -0.2) is 0 Å². The smallest absolute Gasteiger partial charge is 0.0386 e. The van der Waals surface area contributed by atoms with Crippen LogP contribution in [-0.2, 0) is 0 Å². The van der Waals surface area contributed by atoms with E-state index in [9.17, 15) is 0 Å². The van der Waals surface area contributed by atoms with E-state index in [1.165, 1.54) is 36.5 Å². The highest BCUT2D eigenvalue weighted by molar-refractivity contribution is 7.80. The van der Waals surface area contributed by atoms with Crippen LogP contribution in [0.3, 0.4) is 0 Å². The zero-order chi connectivity index (χ0) is 12.4. The predicted octanol–water partition coefficient (Wildman–Crippen LogP) is 5.00. The van der Waals surface area contributed by atoms with Gasteiger partial charge in [0.05, 0.1) is 0 Å². The van der Waals surface area contributed by atoms with Gasteiger partial charge in [0.2, 0.25) is 0 Å². The molecule has 0 bridgehead atoms. The fourth-order valence-electron chi connectivity index (χ4n) is 2.48. The predicted molar refractivity (Wildman–Crippen MR) is 81.4 cm³/mol. The Morgan fingerprint density at radius 2 is 1.67 bits per heavy atom. The van der Waals surface area contributed by atoms with E-state index in [0.717, 1.165) is 10.6 Å². The molecule has 1 aliphatic rings. The van der Waals surface area contributed by atoms with Gasteiger partial charge in [0.1, 0.15) is 0 Å². The molecule has 0 saturated heterocycles. The number of rotatable bonds is 2. The first kappa shape index (κ1) is 11.7. The van der Waals surface area contributed by atoms with Crippen molar-refractivity contribution in [2.45, 2.75) is 30.6 Å². The van der Waals surface area contributed by atoms with Crippen LogP contribution in [-0.4, -0.2) is 0 Å². The van der Waals surface area contributed by atoms with Crippen LogP contribution < -0.4 is 5.32 Å². The van der Waals surface area contributed by atoms with E-state index in [1.807, 2.05) is 6.07 Å². The van der Waals surface area contributed by atoms with Gasteiger partial charge in [-0.15, -0.1) is 12.6 Å². The first-order valence-corrected chi connectivity index (χ1v) is 6.93. The van der Waals surface area contributed by atoms with Crippen molar-refractivity contribution in [1.29, 1.82) is 0 Å². The summed E-state index contributed by atoms with van der Waals surface area (Å²) >= 11 is 4.36. The summed E-state index contributed by atoms with van der Waals surface area (Å²) in [5, 5.41) is 5.90. The van der Waals surface area contributed by atoms with Gasteiger partial charge < -0.3 is 5.32 Å². The van der Waals surface area contributed by atoms with Crippen molar-refractivity contribution in [2.24, 2.45) is 0 Å². The minimum absolute atomic E-state index is 1.01. The molecule has 1 N–H and O–H groups in total. The average Bonchev–Trinajstić information content (AvgIpc) is 2.89. The maximum Gasteiger partial charge on any atom is 0.0386 e. The standard InChI is InChI=1S/C16H17NS/c18-16-8-6-13-9-15(7-5-14(13)10-16)17-11-12-3-1-2-4-12/h5-11,17-18H,1-4H2. The van der Waals surface area contributed by atoms with E-state index >= 15 is 0 Å². The highest BCUT2D eigenvalue weighted by atomic mass is 32.1. The third-order valence-electron chi connectivity index (χ3n) is 3.51. The molecule has 0 spiro atoms. The summed E-state index contributed by atoms with van der Waals surface area (Å²) in [5.41, 5.74) is 2.70. The van der Waals surface area contributed by atoms with Gasteiger partial charge >= 0.3 is 0 Å². The molecule has 0 heterocycles. The van der Waals surface area contributed by atoms with E-state index in [1.54, 1.807) is 5.57 Å². The quantitative estimate of drug-likeness (QED) is 0.720. The lowest BCUT2D eigenvalue weighted by Crippen LogP contribution is -1.89. The van der Waals surface area contributed by atoms with Crippen LogP contribution >= 0.6 is 12.6 Å². The van der Waals surface area contributed by atoms with Crippen molar-refractivity contribution >= 4 is 29.1 Å². The van der Waals surface area contributed by atoms with Crippen molar-refractivity contribution in [2.75, 3.05) is 5.32 Å². The third kappa shape index (κ3) is 2.54. The van der Waals surface area contributed by atoms with Crippen LogP contribution in [0.25, 0.3) is 10.8 Å². The maximum atomic E-state index is 4.36. The Labute approximate surface area is 113 Å². The molecule has 0 unspecified atom stereocenters. The molecule has 0 radical (unpaired) electrons. The maximum absolute atomic E-state index is 4.36. The van der Waals surface area contributed by atoms with Gasteiger partial charge in [-0.2, -0.15) is 0 Å². The van der Waals surface area contributed by atoms with Gasteiger partial charge in [0, 0.05) is 16.8 Å². The molecule has 2 aromatic rings. The van der Waals surface area contributed by atoms with Crippen LogP contribution in [0.2, 0.25) is 0 Å². The molecular weight excluding hydrogens is 238 g/mol. The highest BCUT2D eigenvalue weighted by Gasteiger charge is 2.05. The number of hydrogen-bond acceptors (Lipinski definition) is 2. The second kappa shape index (κ2) is 5.07. The van der Waals surface area contributed by atoms with Crippen molar-refractivity contribution in [1.82, 2.24) is 0 Å². The lowest BCUT2D eigenvalue weighted by molar-refractivity contribution is 0.886. The number of benzene rings is 2. The Morgan fingerprint density at radius 1 is 0.944 bits per heavy atom. The fourth-order valence-corrected chi connectivity index (χ4v) is 2.70. The van der Waals surface area contributed by atoms with Crippen molar-refractivity contribution < 1.29 is 0 Å². The lowest BCUT2D eigenvalue weighted by Gasteiger charge is -2.05. The topological polar surface area (TPSA) is 12.0 Å². The minimum atomic E-state index is 1.01. The normalized spacial score (nSPS) is 15.1. The monoisotopic (exact) mass is 255 g/mol. The number of nitrogens with one attached hydrogen (secondary N) is 1. The first-order chi connectivity index (χ1) is 8.81. The first-order valence-electron chi connectivity index (χ1n) is 6.48. The molecule has 1 aliphatic carbocycles. The Balaban J connectivity index is 1.84. The van der Waals surface area contributed by atoms with E-state index in [0.29, 0.717) is 0 Å². The molecule has 2 aromatic carbocycles. The van der Waals surface area contributed by atoms with E-state index in [4.69, 9.17) is 0 Å². The van der Waals surface area contributed by atoms with Crippen molar-refractivity contribution in [3.05, 3.63) is 48.2 Å². The van der Waals surface area contributed by atoms with Crippen LogP contribution in [0.4, 0.5) is 5.69 Å². The summed E-state index contributed by atoms with van der Waals surface area (Å²) < 4.78 is 0. The van der Waals surface area contributed by atoms with E-state index < -0.39 is 0 Å². The number of allylic oxidation sites excluding steroid dienone is 1. The number of hydrogen-bond donors (Lipinski definition) is 2. The largest absolute Gasteiger partial charge is 0.362 e. The zero-order valence-corrected chi connectivity index (χ0v) is 11.2. The van der Waals surface area contributed by atoms with Gasteiger partial charge in [-0.3, -0.25) is 0 Å². The second-order valence-corrected chi connectivity index (χ2v) is 5.42. The van der Waals surface area contributed by atoms with E-state index in [-0.39, 0.29) is 0 Å². The summed E-state index contributed by atoms with van der Waals surface area (Å²) in [6, 6.07) is 12.7. The molecule has 1 nitrogen and oxygen atoms in total. The summed E-state index contributed by atoms with van der Waals surface area (Å²) in [7, 11) is 0. The third-order valence-corrected chi connectivity index (χ3v) is 3.79. The van der Waals surface area contributed by atoms with Crippen molar-refractivity contribution in [3.63, 3.8) is 0 Å². The Kier molecular flexibility index (Phi) is 3.28. The van der Waals surface area contributed by atoms with Crippen LogP contribution in [0, 0.1) is 0 Å². The lowest BCUT2D eigenvalue weighted by atomic mass is 10.1. The minimum Gasteiger partial charge on any atom is -0.362 e. The number of anilines is 1. The molecule has 1 saturated carbocycles. The molecule has 1 fully saturated rings. The molecule has 92 valence electrons. The fraction of sp³-hybridized carbons (Fsp3) is 0.250. The zero-order valence-electron chi connectivity index (χ0n) is 10.3. The van der Waals surface area contributed by atoms with Crippen LogP contribution in [0.5, 0.6) is 0 Å². The molecule has 0 amide bonds. The Bertz CT molecular complexity index is 593. The van der Waals surface area contributed by atoms with Crippen LogP contribution in [0.15, 0.2) is 53.1 Å². The Morgan fingerprint density at radius 3 is 2.50 bits per heavy atom. The average molecular weight is 255 g/mol. The summed E-state index contributed by atoms with van der Waals surface area (Å²) in [5.74, 6) is 0. The molecule has 0 aromatic heterocycles.